The van der Waals surface area contributed by atoms with Gasteiger partial charge < -0.3 is 24.8 Å². The fourth-order valence-electron chi connectivity index (χ4n) is 2.65. The molecule has 3 rings (SSSR count). The molecular weight excluding hydrogens is 372 g/mol. The van der Waals surface area contributed by atoms with E-state index in [2.05, 4.69) is 20.6 Å². The Morgan fingerprint density at radius 3 is 2.52 bits per heavy atom. The van der Waals surface area contributed by atoms with Gasteiger partial charge in [0.15, 0.2) is 11.5 Å². The molecule has 0 radical (unpaired) electrons. The van der Waals surface area contributed by atoms with Crippen molar-refractivity contribution < 1.29 is 19.0 Å². The number of para-hydroxylation sites is 2. The monoisotopic (exact) mass is 394 g/mol. The average Bonchev–Trinajstić information content (AvgIpc) is 2.75. The van der Waals surface area contributed by atoms with Gasteiger partial charge in [0.05, 0.1) is 26.5 Å². The molecule has 0 saturated carbocycles. The zero-order valence-electron chi connectivity index (χ0n) is 16.4. The van der Waals surface area contributed by atoms with Gasteiger partial charge in [-0.15, -0.1) is 0 Å². The fraction of sp³-hybridized carbons (Fsp3) is 0.190. The first-order chi connectivity index (χ1) is 14.1. The van der Waals surface area contributed by atoms with Crippen molar-refractivity contribution in [3.63, 3.8) is 0 Å². The van der Waals surface area contributed by atoms with Gasteiger partial charge in [-0.2, -0.15) is 0 Å². The molecule has 1 amide bonds. The van der Waals surface area contributed by atoms with E-state index in [1.165, 1.54) is 13.4 Å². The summed E-state index contributed by atoms with van der Waals surface area (Å²) in [5.74, 6) is 1.89. The van der Waals surface area contributed by atoms with Gasteiger partial charge in [0.1, 0.15) is 23.6 Å². The molecule has 2 N–H and O–H groups in total. The number of carbonyl (C=O) groups excluding carboxylic acids is 1. The van der Waals surface area contributed by atoms with Gasteiger partial charge in [-0.3, -0.25) is 4.79 Å². The van der Waals surface area contributed by atoms with E-state index in [9.17, 15) is 4.79 Å². The largest absolute Gasteiger partial charge is 0.493 e. The van der Waals surface area contributed by atoms with Gasteiger partial charge >= 0.3 is 0 Å². The molecule has 0 fully saturated rings. The van der Waals surface area contributed by atoms with Crippen LogP contribution in [-0.4, -0.2) is 36.7 Å². The molecule has 1 aromatic heterocycles. The van der Waals surface area contributed by atoms with Crippen molar-refractivity contribution in [2.45, 2.75) is 6.92 Å². The van der Waals surface area contributed by atoms with Crippen LogP contribution in [0.5, 0.6) is 17.2 Å². The fourth-order valence-corrected chi connectivity index (χ4v) is 2.65. The topological polar surface area (TPSA) is 94.6 Å². The number of methoxy groups -OCH3 is 2. The molecule has 2 aromatic carbocycles. The Labute approximate surface area is 168 Å². The Morgan fingerprint density at radius 2 is 1.76 bits per heavy atom. The molecule has 0 saturated heterocycles. The van der Waals surface area contributed by atoms with Gasteiger partial charge in [0.2, 0.25) is 0 Å². The third-order valence-corrected chi connectivity index (χ3v) is 3.99. The molecule has 0 spiro atoms. The first-order valence-corrected chi connectivity index (χ1v) is 8.99. The number of hydrogen-bond donors (Lipinski definition) is 2. The summed E-state index contributed by atoms with van der Waals surface area (Å²) >= 11 is 0. The van der Waals surface area contributed by atoms with Crippen molar-refractivity contribution in [3.8, 4) is 17.2 Å². The minimum absolute atomic E-state index is 0.214. The first-order valence-electron chi connectivity index (χ1n) is 8.99. The molecule has 29 heavy (non-hydrogen) atoms. The summed E-state index contributed by atoms with van der Waals surface area (Å²) in [6, 6.07) is 14.2. The number of rotatable bonds is 8. The molecule has 0 bridgehead atoms. The molecular formula is C21H22N4O4. The van der Waals surface area contributed by atoms with Crippen LogP contribution in [0.15, 0.2) is 54.9 Å². The summed E-state index contributed by atoms with van der Waals surface area (Å²) in [4.78, 5) is 20.9. The highest BCUT2D eigenvalue weighted by Gasteiger charge is 2.12. The van der Waals surface area contributed by atoms with Crippen LogP contribution in [0, 0.1) is 0 Å². The van der Waals surface area contributed by atoms with E-state index in [1.54, 1.807) is 31.4 Å². The molecule has 8 heteroatoms. The second-order valence-electron chi connectivity index (χ2n) is 5.87. The summed E-state index contributed by atoms with van der Waals surface area (Å²) in [5, 5.41) is 5.95. The standard InChI is InChI=1S/C21H22N4O4/c1-4-29-17-8-6-5-7-15(17)25-20-12-16(22-13-23-20)21(26)24-14-9-10-18(27-2)19(11-14)28-3/h5-13H,4H2,1-3H3,(H,24,26)(H,22,23,25). The van der Waals surface area contributed by atoms with Crippen molar-refractivity contribution in [1.29, 1.82) is 0 Å². The summed E-state index contributed by atoms with van der Waals surface area (Å²) in [7, 11) is 3.08. The smallest absolute Gasteiger partial charge is 0.274 e. The van der Waals surface area contributed by atoms with E-state index in [-0.39, 0.29) is 11.6 Å². The molecule has 0 aliphatic rings. The molecule has 0 aliphatic heterocycles. The van der Waals surface area contributed by atoms with E-state index >= 15 is 0 Å². The number of aromatic nitrogens is 2. The van der Waals surface area contributed by atoms with E-state index in [0.717, 1.165) is 5.69 Å². The normalized spacial score (nSPS) is 10.2. The maximum atomic E-state index is 12.6. The van der Waals surface area contributed by atoms with Crippen LogP contribution in [0.3, 0.4) is 0 Å². The van der Waals surface area contributed by atoms with Crippen molar-refractivity contribution in [1.82, 2.24) is 9.97 Å². The lowest BCUT2D eigenvalue weighted by atomic mass is 10.2. The predicted octanol–water partition coefficient (Wildman–Crippen LogP) is 3.89. The second-order valence-corrected chi connectivity index (χ2v) is 5.87. The van der Waals surface area contributed by atoms with Crippen molar-refractivity contribution >= 4 is 23.1 Å². The third-order valence-electron chi connectivity index (χ3n) is 3.99. The zero-order valence-corrected chi connectivity index (χ0v) is 16.4. The number of amides is 1. The Hall–Kier alpha value is -3.81. The number of anilines is 3. The van der Waals surface area contributed by atoms with Crippen LogP contribution in [0.4, 0.5) is 17.2 Å². The number of nitrogens with one attached hydrogen (secondary N) is 2. The van der Waals surface area contributed by atoms with E-state index in [1.807, 2.05) is 31.2 Å². The SMILES string of the molecule is CCOc1ccccc1Nc1cc(C(=O)Nc2ccc(OC)c(OC)c2)ncn1. The van der Waals surface area contributed by atoms with Crippen LogP contribution in [0.25, 0.3) is 0 Å². The predicted molar refractivity (Wildman–Crippen MR) is 110 cm³/mol. The van der Waals surface area contributed by atoms with E-state index in [4.69, 9.17) is 14.2 Å². The van der Waals surface area contributed by atoms with Gasteiger partial charge in [-0.25, -0.2) is 9.97 Å². The summed E-state index contributed by atoms with van der Waals surface area (Å²) < 4.78 is 16.1. The van der Waals surface area contributed by atoms with E-state index in [0.29, 0.717) is 35.4 Å². The van der Waals surface area contributed by atoms with Gasteiger partial charge in [-0.1, -0.05) is 12.1 Å². The molecule has 150 valence electrons. The zero-order chi connectivity index (χ0) is 20.6. The number of nitrogens with zero attached hydrogens (tertiary/aromatic N) is 2. The lowest BCUT2D eigenvalue weighted by Crippen LogP contribution is -2.14. The van der Waals surface area contributed by atoms with Gasteiger partial charge in [-0.05, 0) is 31.2 Å². The molecule has 0 atom stereocenters. The van der Waals surface area contributed by atoms with E-state index < -0.39 is 0 Å². The average molecular weight is 394 g/mol. The van der Waals surface area contributed by atoms with Gasteiger partial charge in [0.25, 0.3) is 5.91 Å². The molecule has 0 unspecified atom stereocenters. The van der Waals surface area contributed by atoms with Crippen LogP contribution in [0.1, 0.15) is 17.4 Å². The van der Waals surface area contributed by atoms with Crippen LogP contribution >= 0.6 is 0 Å². The number of hydrogen-bond acceptors (Lipinski definition) is 7. The Bertz CT molecular complexity index is 994. The lowest BCUT2D eigenvalue weighted by molar-refractivity contribution is 0.102. The number of carbonyl (C=O) groups is 1. The van der Waals surface area contributed by atoms with Crippen molar-refractivity contribution in [3.05, 3.63) is 60.6 Å². The lowest BCUT2D eigenvalue weighted by Gasteiger charge is -2.12. The number of benzene rings is 2. The Kier molecular flexibility index (Phi) is 6.47. The molecule has 3 aromatic rings. The molecule has 8 nitrogen and oxygen atoms in total. The van der Waals surface area contributed by atoms with Crippen LogP contribution < -0.4 is 24.8 Å². The Balaban J connectivity index is 1.76. The minimum Gasteiger partial charge on any atom is -0.493 e. The minimum atomic E-state index is -0.374. The van der Waals surface area contributed by atoms with Crippen LogP contribution in [0.2, 0.25) is 0 Å². The highest BCUT2D eigenvalue weighted by molar-refractivity contribution is 6.03. The summed E-state index contributed by atoms with van der Waals surface area (Å²) in [6.45, 7) is 2.46. The van der Waals surface area contributed by atoms with Crippen LogP contribution in [-0.2, 0) is 0 Å². The highest BCUT2D eigenvalue weighted by atomic mass is 16.5. The van der Waals surface area contributed by atoms with Gasteiger partial charge in [0, 0.05) is 17.8 Å². The maximum Gasteiger partial charge on any atom is 0.274 e. The third kappa shape index (κ3) is 4.92. The highest BCUT2D eigenvalue weighted by Crippen LogP contribution is 2.30. The molecule has 1 heterocycles. The second kappa shape index (κ2) is 9.41. The molecule has 0 aliphatic carbocycles. The first kappa shape index (κ1) is 19.9. The Morgan fingerprint density at radius 1 is 0.966 bits per heavy atom. The quantitative estimate of drug-likeness (QED) is 0.598. The maximum absolute atomic E-state index is 12.6. The van der Waals surface area contributed by atoms with Crippen molar-refractivity contribution in [2.24, 2.45) is 0 Å². The summed E-state index contributed by atoms with van der Waals surface area (Å²) in [5.41, 5.74) is 1.52. The summed E-state index contributed by atoms with van der Waals surface area (Å²) in [6.07, 6.45) is 1.33. The van der Waals surface area contributed by atoms with Crippen molar-refractivity contribution in [2.75, 3.05) is 31.5 Å². The number of ether oxygens (including phenoxy) is 3.